The van der Waals surface area contributed by atoms with Crippen molar-refractivity contribution in [1.29, 1.82) is 0 Å². The molecule has 4 N–H and O–H groups in total. The van der Waals surface area contributed by atoms with Crippen LogP contribution in [0.25, 0.3) is 0 Å². The summed E-state index contributed by atoms with van der Waals surface area (Å²) in [4.78, 5) is 45.9. The standard InChI is InChI=1S/C30H56N2O7/c1-2-24-39-25-23-31-27(33)22-21-26(30(37)38)32-28(34)19-17-15-13-11-9-7-5-3-4-6-8-10-12-14-16-18-20-29(35)36/h26H,2-25H2,1H3,(H,31,33)(H,32,34)(H,35,36)(H,37,38). The molecule has 9 heteroatoms. The molecule has 0 aliphatic heterocycles. The van der Waals surface area contributed by atoms with Crippen LogP contribution in [-0.4, -0.2) is 59.8 Å². The number of carbonyl (C=O) groups is 4. The molecule has 228 valence electrons. The molecule has 0 fully saturated rings. The van der Waals surface area contributed by atoms with Gasteiger partial charge < -0.3 is 25.6 Å². The Hall–Kier alpha value is -2.16. The van der Waals surface area contributed by atoms with Crippen molar-refractivity contribution in [2.75, 3.05) is 19.8 Å². The molecule has 0 heterocycles. The van der Waals surface area contributed by atoms with Gasteiger partial charge in [-0.15, -0.1) is 0 Å². The molecule has 0 aliphatic rings. The van der Waals surface area contributed by atoms with Crippen LogP contribution in [0.5, 0.6) is 0 Å². The second kappa shape index (κ2) is 27.4. The first-order valence-corrected chi connectivity index (χ1v) is 15.4. The number of rotatable bonds is 29. The summed E-state index contributed by atoms with van der Waals surface area (Å²) >= 11 is 0. The molecular weight excluding hydrogens is 500 g/mol. The summed E-state index contributed by atoms with van der Waals surface area (Å²) in [7, 11) is 0. The molecule has 0 saturated heterocycles. The summed E-state index contributed by atoms with van der Waals surface area (Å²) in [5, 5.41) is 23.2. The summed E-state index contributed by atoms with van der Waals surface area (Å²) < 4.78 is 5.29. The lowest BCUT2D eigenvalue weighted by Gasteiger charge is -2.14. The SMILES string of the molecule is CCCOCCNC(=O)CCC(NC(=O)CCCCCCCCCCCCCCCCCCC(=O)O)C(=O)O. The normalized spacial score (nSPS) is 11.7. The van der Waals surface area contributed by atoms with Gasteiger partial charge in [-0.25, -0.2) is 4.79 Å². The van der Waals surface area contributed by atoms with Crippen molar-refractivity contribution in [2.45, 2.75) is 148 Å². The Morgan fingerprint density at radius 3 is 1.51 bits per heavy atom. The highest BCUT2D eigenvalue weighted by Crippen LogP contribution is 2.14. The fourth-order valence-corrected chi connectivity index (χ4v) is 4.43. The van der Waals surface area contributed by atoms with Gasteiger partial charge in [-0.3, -0.25) is 14.4 Å². The topological polar surface area (TPSA) is 142 Å². The van der Waals surface area contributed by atoms with Crippen LogP contribution in [0.4, 0.5) is 0 Å². The number of aliphatic carboxylic acids is 2. The van der Waals surface area contributed by atoms with Gasteiger partial charge in [-0.2, -0.15) is 0 Å². The second-order valence-electron chi connectivity index (χ2n) is 10.5. The minimum Gasteiger partial charge on any atom is -0.481 e. The number of hydrogen-bond acceptors (Lipinski definition) is 5. The minimum absolute atomic E-state index is 0.0443. The van der Waals surface area contributed by atoms with Crippen molar-refractivity contribution in [3.8, 4) is 0 Å². The second-order valence-corrected chi connectivity index (χ2v) is 10.5. The third kappa shape index (κ3) is 27.2. The molecular formula is C30H56N2O7. The molecule has 0 bridgehead atoms. The summed E-state index contributed by atoms with van der Waals surface area (Å²) in [6.45, 7) is 3.47. The number of nitrogens with one attached hydrogen (secondary N) is 2. The van der Waals surface area contributed by atoms with E-state index in [2.05, 4.69) is 10.6 Å². The van der Waals surface area contributed by atoms with E-state index >= 15 is 0 Å². The van der Waals surface area contributed by atoms with Crippen LogP contribution in [0, 0.1) is 0 Å². The Morgan fingerprint density at radius 1 is 0.615 bits per heavy atom. The monoisotopic (exact) mass is 556 g/mol. The zero-order chi connectivity index (χ0) is 29.0. The third-order valence-corrected chi connectivity index (χ3v) is 6.75. The van der Waals surface area contributed by atoms with Gasteiger partial charge in [0.05, 0.1) is 6.61 Å². The Kier molecular flexibility index (Phi) is 25.9. The van der Waals surface area contributed by atoms with Gasteiger partial charge in [-0.1, -0.05) is 96.8 Å². The van der Waals surface area contributed by atoms with Crippen molar-refractivity contribution < 1.29 is 34.1 Å². The van der Waals surface area contributed by atoms with Crippen LogP contribution < -0.4 is 10.6 Å². The van der Waals surface area contributed by atoms with E-state index in [0.717, 1.165) is 44.9 Å². The average molecular weight is 557 g/mol. The first kappa shape index (κ1) is 36.8. The van der Waals surface area contributed by atoms with E-state index < -0.39 is 18.0 Å². The van der Waals surface area contributed by atoms with Gasteiger partial charge >= 0.3 is 11.9 Å². The molecule has 0 aliphatic carbocycles. The number of amides is 2. The van der Waals surface area contributed by atoms with Crippen molar-refractivity contribution in [3.63, 3.8) is 0 Å². The molecule has 0 spiro atoms. The number of carboxylic acid groups (broad SMARTS) is 2. The summed E-state index contributed by atoms with van der Waals surface area (Å²) in [5.74, 6) is -2.32. The molecule has 0 rings (SSSR count). The molecule has 9 nitrogen and oxygen atoms in total. The van der Waals surface area contributed by atoms with Gasteiger partial charge in [0.1, 0.15) is 6.04 Å². The van der Waals surface area contributed by atoms with Gasteiger partial charge in [-0.05, 0) is 25.7 Å². The zero-order valence-corrected chi connectivity index (χ0v) is 24.5. The molecule has 39 heavy (non-hydrogen) atoms. The van der Waals surface area contributed by atoms with E-state index in [9.17, 15) is 24.3 Å². The van der Waals surface area contributed by atoms with Crippen molar-refractivity contribution in [1.82, 2.24) is 10.6 Å². The predicted octanol–water partition coefficient (Wildman–Crippen LogP) is 5.99. The summed E-state index contributed by atoms with van der Waals surface area (Å²) in [6, 6.07) is -1.05. The van der Waals surface area contributed by atoms with Gasteiger partial charge in [0, 0.05) is 32.4 Å². The first-order chi connectivity index (χ1) is 18.9. The lowest BCUT2D eigenvalue weighted by molar-refractivity contribution is -0.142. The largest absolute Gasteiger partial charge is 0.481 e. The molecule has 2 amide bonds. The van der Waals surface area contributed by atoms with Crippen LogP contribution in [0.3, 0.4) is 0 Å². The van der Waals surface area contributed by atoms with E-state index in [1.807, 2.05) is 6.92 Å². The quantitative estimate of drug-likeness (QED) is 0.0830. The number of unbranched alkanes of at least 4 members (excludes halogenated alkanes) is 15. The molecule has 0 radical (unpaired) electrons. The molecule has 0 aromatic rings. The maximum absolute atomic E-state index is 12.1. The van der Waals surface area contributed by atoms with Crippen LogP contribution in [0.15, 0.2) is 0 Å². The van der Waals surface area contributed by atoms with E-state index in [-0.39, 0.29) is 24.7 Å². The molecule has 0 aromatic heterocycles. The molecule has 0 saturated carbocycles. The number of hydrogen-bond donors (Lipinski definition) is 4. The summed E-state index contributed by atoms with van der Waals surface area (Å²) in [5.41, 5.74) is 0. The number of carbonyl (C=O) groups excluding carboxylic acids is 2. The highest BCUT2D eigenvalue weighted by molar-refractivity contribution is 5.84. The number of carboxylic acids is 2. The Labute approximate surface area is 236 Å². The molecule has 1 atom stereocenters. The Morgan fingerprint density at radius 2 is 1.08 bits per heavy atom. The van der Waals surface area contributed by atoms with Gasteiger partial charge in [0.2, 0.25) is 11.8 Å². The highest BCUT2D eigenvalue weighted by atomic mass is 16.5. The fraction of sp³-hybridized carbons (Fsp3) is 0.867. The van der Waals surface area contributed by atoms with Crippen LogP contribution >= 0.6 is 0 Å². The van der Waals surface area contributed by atoms with Crippen LogP contribution in [0.2, 0.25) is 0 Å². The van der Waals surface area contributed by atoms with Crippen molar-refractivity contribution in [2.24, 2.45) is 0 Å². The predicted molar refractivity (Wildman–Crippen MR) is 154 cm³/mol. The van der Waals surface area contributed by atoms with Gasteiger partial charge in [0.15, 0.2) is 0 Å². The third-order valence-electron chi connectivity index (χ3n) is 6.75. The number of ether oxygens (including phenoxy) is 1. The molecule has 1 unspecified atom stereocenters. The van der Waals surface area contributed by atoms with Gasteiger partial charge in [0.25, 0.3) is 0 Å². The van der Waals surface area contributed by atoms with E-state index in [4.69, 9.17) is 9.84 Å². The minimum atomic E-state index is -1.12. The van der Waals surface area contributed by atoms with Crippen LogP contribution in [0.1, 0.15) is 142 Å². The fourth-order valence-electron chi connectivity index (χ4n) is 4.43. The smallest absolute Gasteiger partial charge is 0.326 e. The lowest BCUT2D eigenvalue weighted by atomic mass is 10.0. The molecule has 0 aromatic carbocycles. The lowest BCUT2D eigenvalue weighted by Crippen LogP contribution is -2.41. The highest BCUT2D eigenvalue weighted by Gasteiger charge is 2.20. The van der Waals surface area contributed by atoms with E-state index in [1.165, 1.54) is 64.2 Å². The van der Waals surface area contributed by atoms with Crippen molar-refractivity contribution in [3.05, 3.63) is 0 Å². The van der Waals surface area contributed by atoms with E-state index in [0.29, 0.717) is 32.6 Å². The zero-order valence-electron chi connectivity index (χ0n) is 24.5. The average Bonchev–Trinajstić information content (AvgIpc) is 2.89. The Bertz CT molecular complexity index is 643. The maximum atomic E-state index is 12.1. The maximum Gasteiger partial charge on any atom is 0.326 e. The van der Waals surface area contributed by atoms with E-state index in [1.54, 1.807) is 0 Å². The summed E-state index contributed by atoms with van der Waals surface area (Å²) in [6.07, 6.45) is 20.0. The van der Waals surface area contributed by atoms with Crippen molar-refractivity contribution >= 4 is 23.8 Å². The van der Waals surface area contributed by atoms with Crippen LogP contribution in [-0.2, 0) is 23.9 Å². The first-order valence-electron chi connectivity index (χ1n) is 15.4. The Balaban J connectivity index is 3.57.